The number of carbonyl (C=O) groups excluding carboxylic acids is 1. The lowest BCUT2D eigenvalue weighted by atomic mass is 10.1. The van der Waals surface area contributed by atoms with Crippen molar-refractivity contribution >= 4 is 40.1 Å². The standard InChI is InChI=1S/C21H17N3O4/c1-23(20(26)21(27)28)15-7-8-16-17(12-15)22-18-14(9-10-24(18)19(16)25)11-13-5-3-2-4-6-13/h2-8,11-12H,9-10H2,1H3,(H,27,28). The van der Waals surface area contributed by atoms with Crippen LogP contribution in [0.3, 0.4) is 0 Å². The maximum atomic E-state index is 12.9. The molecule has 1 aliphatic rings. The smallest absolute Gasteiger partial charge is 0.394 e. The Morgan fingerprint density at radius 2 is 1.93 bits per heavy atom. The number of aliphatic carboxylic acids is 1. The summed E-state index contributed by atoms with van der Waals surface area (Å²) in [6, 6.07) is 14.5. The Morgan fingerprint density at radius 1 is 1.18 bits per heavy atom. The molecule has 3 aromatic rings. The van der Waals surface area contributed by atoms with E-state index in [2.05, 4.69) is 4.98 Å². The van der Waals surface area contributed by atoms with Crippen LogP contribution in [-0.2, 0) is 16.1 Å². The fourth-order valence-electron chi connectivity index (χ4n) is 3.36. The molecule has 0 spiro atoms. The average Bonchev–Trinajstić information content (AvgIpc) is 3.10. The minimum absolute atomic E-state index is 0.143. The highest BCUT2D eigenvalue weighted by atomic mass is 16.4. The number of hydrogen-bond donors (Lipinski definition) is 1. The molecule has 1 amide bonds. The van der Waals surface area contributed by atoms with Crippen molar-refractivity contribution in [3.05, 3.63) is 70.3 Å². The van der Waals surface area contributed by atoms with E-state index in [-0.39, 0.29) is 5.56 Å². The van der Waals surface area contributed by atoms with E-state index in [4.69, 9.17) is 5.11 Å². The number of carboxylic acid groups (broad SMARTS) is 1. The summed E-state index contributed by atoms with van der Waals surface area (Å²) in [4.78, 5) is 41.2. The van der Waals surface area contributed by atoms with Crippen LogP contribution in [0.5, 0.6) is 0 Å². The number of amides is 1. The Morgan fingerprint density at radius 3 is 2.64 bits per heavy atom. The van der Waals surface area contributed by atoms with E-state index in [9.17, 15) is 14.4 Å². The molecular weight excluding hydrogens is 358 g/mol. The van der Waals surface area contributed by atoms with Gasteiger partial charge in [0.1, 0.15) is 5.82 Å². The number of rotatable bonds is 2. The minimum Gasteiger partial charge on any atom is -0.474 e. The van der Waals surface area contributed by atoms with Crippen molar-refractivity contribution in [1.82, 2.24) is 9.55 Å². The van der Waals surface area contributed by atoms with Crippen LogP contribution in [0.1, 0.15) is 17.8 Å². The molecule has 0 fully saturated rings. The van der Waals surface area contributed by atoms with Crippen LogP contribution in [0.15, 0.2) is 53.3 Å². The lowest BCUT2D eigenvalue weighted by molar-refractivity contribution is -0.148. The van der Waals surface area contributed by atoms with Gasteiger partial charge in [-0.2, -0.15) is 0 Å². The molecule has 0 bridgehead atoms. The largest absolute Gasteiger partial charge is 0.474 e. The number of likely N-dealkylation sites (N-methyl/N-ethyl adjacent to an activating group) is 1. The van der Waals surface area contributed by atoms with Crippen molar-refractivity contribution in [2.45, 2.75) is 13.0 Å². The average molecular weight is 375 g/mol. The molecule has 28 heavy (non-hydrogen) atoms. The van der Waals surface area contributed by atoms with Gasteiger partial charge in [-0.3, -0.25) is 14.2 Å². The van der Waals surface area contributed by atoms with Gasteiger partial charge in [0.2, 0.25) is 0 Å². The Labute approximate surface area is 160 Å². The summed E-state index contributed by atoms with van der Waals surface area (Å²) >= 11 is 0. The molecule has 0 aliphatic carbocycles. The number of nitrogens with zero attached hydrogens (tertiary/aromatic N) is 3. The van der Waals surface area contributed by atoms with E-state index >= 15 is 0 Å². The van der Waals surface area contributed by atoms with Crippen molar-refractivity contribution in [3.63, 3.8) is 0 Å². The number of benzene rings is 2. The van der Waals surface area contributed by atoms with E-state index in [1.165, 1.54) is 7.05 Å². The molecule has 1 aromatic heterocycles. The maximum absolute atomic E-state index is 12.9. The summed E-state index contributed by atoms with van der Waals surface area (Å²) in [6.45, 7) is 0.564. The summed E-state index contributed by atoms with van der Waals surface area (Å²) in [5, 5.41) is 9.34. The van der Waals surface area contributed by atoms with Crippen molar-refractivity contribution < 1.29 is 14.7 Å². The SMILES string of the molecule is CN(C(=O)C(=O)O)c1ccc2c(=O)n3c(nc2c1)C(=Cc1ccccc1)CC3. The van der Waals surface area contributed by atoms with Gasteiger partial charge in [0.05, 0.1) is 10.9 Å². The zero-order valence-electron chi connectivity index (χ0n) is 15.1. The van der Waals surface area contributed by atoms with E-state index in [1.54, 1.807) is 22.8 Å². The van der Waals surface area contributed by atoms with Crippen LogP contribution in [0, 0.1) is 0 Å². The van der Waals surface area contributed by atoms with Gasteiger partial charge in [-0.05, 0) is 41.8 Å². The van der Waals surface area contributed by atoms with Gasteiger partial charge in [0.25, 0.3) is 5.56 Å². The van der Waals surface area contributed by atoms with Crippen molar-refractivity contribution in [1.29, 1.82) is 0 Å². The third-order valence-electron chi connectivity index (χ3n) is 4.85. The van der Waals surface area contributed by atoms with Crippen molar-refractivity contribution in [3.8, 4) is 0 Å². The van der Waals surface area contributed by atoms with E-state index in [0.717, 1.165) is 16.0 Å². The Bertz CT molecular complexity index is 1200. The minimum atomic E-state index is -1.54. The zero-order chi connectivity index (χ0) is 19.8. The first-order valence-electron chi connectivity index (χ1n) is 8.77. The van der Waals surface area contributed by atoms with E-state index in [0.29, 0.717) is 35.4 Å². The second-order valence-corrected chi connectivity index (χ2v) is 6.59. The lowest BCUT2D eigenvalue weighted by Gasteiger charge is -2.15. The molecule has 0 atom stereocenters. The van der Waals surface area contributed by atoms with Gasteiger partial charge < -0.3 is 10.0 Å². The fraction of sp³-hybridized carbons (Fsp3) is 0.143. The molecular formula is C21H17N3O4. The highest BCUT2D eigenvalue weighted by molar-refractivity contribution is 6.37. The predicted molar refractivity (Wildman–Crippen MR) is 106 cm³/mol. The van der Waals surface area contributed by atoms with Crippen LogP contribution >= 0.6 is 0 Å². The molecule has 140 valence electrons. The molecule has 0 saturated carbocycles. The molecule has 7 nitrogen and oxygen atoms in total. The molecule has 2 heterocycles. The number of carboxylic acids is 1. The summed E-state index contributed by atoms with van der Waals surface area (Å²) in [5.41, 5.74) is 2.64. The lowest BCUT2D eigenvalue weighted by Crippen LogP contribution is -2.33. The quantitative estimate of drug-likeness (QED) is 0.695. The van der Waals surface area contributed by atoms with Crippen molar-refractivity contribution in [2.24, 2.45) is 0 Å². The van der Waals surface area contributed by atoms with Crippen LogP contribution in [0.25, 0.3) is 22.6 Å². The first-order valence-corrected chi connectivity index (χ1v) is 8.77. The molecule has 0 radical (unpaired) electrons. The summed E-state index contributed by atoms with van der Waals surface area (Å²) < 4.78 is 1.66. The predicted octanol–water partition coefficient (Wildman–Crippen LogP) is 2.39. The molecule has 0 unspecified atom stereocenters. The van der Waals surface area contributed by atoms with Gasteiger partial charge in [0, 0.05) is 19.3 Å². The molecule has 0 saturated heterocycles. The van der Waals surface area contributed by atoms with Crippen molar-refractivity contribution in [2.75, 3.05) is 11.9 Å². The molecule has 1 aliphatic heterocycles. The molecule has 7 heteroatoms. The van der Waals surface area contributed by atoms with Crippen LogP contribution in [-0.4, -0.2) is 33.6 Å². The monoisotopic (exact) mass is 375 g/mol. The number of fused-ring (bicyclic) bond motifs is 2. The first kappa shape index (κ1) is 17.7. The zero-order valence-corrected chi connectivity index (χ0v) is 15.1. The topological polar surface area (TPSA) is 92.5 Å². The second kappa shape index (κ2) is 6.77. The maximum Gasteiger partial charge on any atom is 0.394 e. The molecule has 2 aromatic carbocycles. The molecule has 4 rings (SSSR count). The Hall–Kier alpha value is -3.74. The number of anilines is 1. The number of allylic oxidation sites excluding steroid dienone is 1. The van der Waals surface area contributed by atoms with Crippen LogP contribution in [0.2, 0.25) is 0 Å². The molecule has 1 N–H and O–H groups in total. The summed E-state index contributed by atoms with van der Waals surface area (Å²) in [7, 11) is 1.37. The summed E-state index contributed by atoms with van der Waals surface area (Å²) in [6.07, 6.45) is 2.72. The third kappa shape index (κ3) is 2.96. The summed E-state index contributed by atoms with van der Waals surface area (Å²) in [5.74, 6) is -2.00. The number of aromatic nitrogens is 2. The fourth-order valence-corrected chi connectivity index (χ4v) is 3.36. The van der Waals surface area contributed by atoms with E-state index < -0.39 is 11.9 Å². The van der Waals surface area contributed by atoms with Gasteiger partial charge in [-0.25, -0.2) is 9.78 Å². The third-order valence-corrected chi connectivity index (χ3v) is 4.85. The highest BCUT2D eigenvalue weighted by Crippen LogP contribution is 2.28. The highest BCUT2D eigenvalue weighted by Gasteiger charge is 2.23. The first-order chi connectivity index (χ1) is 13.5. The van der Waals surface area contributed by atoms with Crippen LogP contribution < -0.4 is 10.5 Å². The Balaban J connectivity index is 1.83. The van der Waals surface area contributed by atoms with Crippen LogP contribution in [0.4, 0.5) is 5.69 Å². The Kier molecular flexibility index (Phi) is 4.27. The van der Waals surface area contributed by atoms with Gasteiger partial charge in [0.15, 0.2) is 0 Å². The van der Waals surface area contributed by atoms with Gasteiger partial charge in [-0.15, -0.1) is 0 Å². The number of hydrogen-bond acceptors (Lipinski definition) is 4. The number of carbonyl (C=O) groups is 2. The van der Waals surface area contributed by atoms with E-state index in [1.807, 2.05) is 36.4 Å². The van der Waals surface area contributed by atoms with Gasteiger partial charge >= 0.3 is 11.9 Å². The second-order valence-electron chi connectivity index (χ2n) is 6.59. The van der Waals surface area contributed by atoms with Gasteiger partial charge in [-0.1, -0.05) is 30.3 Å². The normalized spacial score (nSPS) is 14.2.